The van der Waals surface area contributed by atoms with Crippen LogP contribution in [-0.4, -0.2) is 31.1 Å². The molecule has 0 unspecified atom stereocenters. The van der Waals surface area contributed by atoms with Crippen LogP contribution in [-0.2, 0) is 0 Å². The molecular formula is C17H25BrClFN2. The van der Waals surface area contributed by atoms with Gasteiger partial charge in [0.05, 0.1) is 4.47 Å². The molecule has 2 fully saturated rings. The second kappa shape index (κ2) is 8.62. The van der Waals surface area contributed by atoms with Crippen molar-refractivity contribution < 1.29 is 4.39 Å². The Kier molecular flexibility index (Phi) is 7.13. The number of halogens is 3. The van der Waals surface area contributed by atoms with E-state index in [4.69, 9.17) is 0 Å². The molecule has 1 aromatic rings. The van der Waals surface area contributed by atoms with E-state index in [1.807, 2.05) is 12.1 Å². The van der Waals surface area contributed by atoms with Crippen LogP contribution < -0.4 is 5.32 Å². The van der Waals surface area contributed by atoms with E-state index in [1.54, 1.807) is 6.07 Å². The molecule has 22 heavy (non-hydrogen) atoms. The number of hydrogen-bond donors (Lipinski definition) is 1. The molecule has 1 aromatic carbocycles. The Morgan fingerprint density at radius 3 is 2.50 bits per heavy atom. The van der Waals surface area contributed by atoms with E-state index in [9.17, 15) is 4.39 Å². The van der Waals surface area contributed by atoms with Crippen LogP contribution in [0.25, 0.3) is 0 Å². The standard InChI is InChI=1S/C17H24BrFN2.ClH/c18-15-8-4-7-14(16(15)19)17(13-5-2-1-3-6-13)21-11-9-20-10-12-21;/h4,7-8,13,17,20H,1-3,5-6,9-12H2;1H/t17-;/m1./s1. The lowest BCUT2D eigenvalue weighted by molar-refractivity contribution is 0.100. The van der Waals surface area contributed by atoms with Crippen molar-refractivity contribution in [2.24, 2.45) is 5.92 Å². The Hall–Kier alpha value is -0.160. The summed E-state index contributed by atoms with van der Waals surface area (Å²) in [5.74, 6) is 0.534. The van der Waals surface area contributed by atoms with E-state index in [1.165, 1.54) is 32.1 Å². The lowest BCUT2D eigenvalue weighted by atomic mass is 9.80. The smallest absolute Gasteiger partial charge is 0.142 e. The summed E-state index contributed by atoms with van der Waals surface area (Å²) >= 11 is 3.36. The number of nitrogens with zero attached hydrogens (tertiary/aromatic N) is 1. The first-order valence-corrected chi connectivity index (χ1v) is 8.95. The van der Waals surface area contributed by atoms with Gasteiger partial charge in [0.25, 0.3) is 0 Å². The van der Waals surface area contributed by atoms with E-state index in [0.29, 0.717) is 10.4 Å². The van der Waals surface area contributed by atoms with Crippen molar-refractivity contribution in [1.29, 1.82) is 0 Å². The minimum atomic E-state index is -0.0633. The first kappa shape index (κ1) is 18.2. The normalized spacial score (nSPS) is 22.1. The van der Waals surface area contributed by atoms with Gasteiger partial charge in [0.15, 0.2) is 0 Å². The molecule has 0 amide bonds. The van der Waals surface area contributed by atoms with Gasteiger partial charge in [0.1, 0.15) is 5.82 Å². The van der Waals surface area contributed by atoms with Crippen molar-refractivity contribution in [3.8, 4) is 0 Å². The predicted molar refractivity (Wildman–Crippen MR) is 95.1 cm³/mol. The van der Waals surface area contributed by atoms with Crippen LogP contribution in [0.3, 0.4) is 0 Å². The van der Waals surface area contributed by atoms with Crippen LogP contribution in [0.5, 0.6) is 0 Å². The number of piperazine rings is 1. The van der Waals surface area contributed by atoms with Gasteiger partial charge in [-0.2, -0.15) is 0 Å². The van der Waals surface area contributed by atoms with Gasteiger partial charge < -0.3 is 5.32 Å². The van der Waals surface area contributed by atoms with Gasteiger partial charge in [-0.3, -0.25) is 4.90 Å². The molecule has 1 saturated carbocycles. The van der Waals surface area contributed by atoms with E-state index < -0.39 is 0 Å². The average molecular weight is 392 g/mol. The molecule has 2 nitrogen and oxygen atoms in total. The van der Waals surface area contributed by atoms with E-state index in [-0.39, 0.29) is 24.3 Å². The molecule has 1 saturated heterocycles. The Balaban J connectivity index is 0.00000176. The lowest BCUT2D eigenvalue weighted by Gasteiger charge is -2.41. The Labute approximate surface area is 147 Å². The highest BCUT2D eigenvalue weighted by Gasteiger charge is 2.32. The van der Waals surface area contributed by atoms with Crippen LogP contribution in [0.1, 0.15) is 43.7 Å². The largest absolute Gasteiger partial charge is 0.314 e. The Bertz CT molecular complexity index is 456. The molecule has 5 heteroatoms. The average Bonchev–Trinajstić information content (AvgIpc) is 2.54. The second-order valence-electron chi connectivity index (χ2n) is 6.27. The summed E-state index contributed by atoms with van der Waals surface area (Å²) in [6, 6.07) is 6.00. The maximum absolute atomic E-state index is 14.7. The van der Waals surface area contributed by atoms with Gasteiger partial charge in [0, 0.05) is 37.8 Å². The van der Waals surface area contributed by atoms with Crippen molar-refractivity contribution >= 4 is 28.3 Å². The Morgan fingerprint density at radius 2 is 1.82 bits per heavy atom. The van der Waals surface area contributed by atoms with Crippen molar-refractivity contribution in [2.75, 3.05) is 26.2 Å². The summed E-state index contributed by atoms with van der Waals surface area (Å²) in [7, 11) is 0. The highest BCUT2D eigenvalue weighted by Crippen LogP contribution is 2.40. The van der Waals surface area contributed by atoms with Crippen molar-refractivity contribution in [1.82, 2.24) is 10.2 Å². The zero-order chi connectivity index (χ0) is 14.7. The van der Waals surface area contributed by atoms with E-state index in [0.717, 1.165) is 31.7 Å². The molecule has 1 aliphatic heterocycles. The van der Waals surface area contributed by atoms with Crippen molar-refractivity contribution in [3.05, 3.63) is 34.1 Å². The monoisotopic (exact) mass is 390 g/mol. The van der Waals surface area contributed by atoms with Gasteiger partial charge in [-0.1, -0.05) is 31.4 Å². The molecule has 1 aliphatic carbocycles. The molecule has 1 N–H and O–H groups in total. The molecule has 124 valence electrons. The topological polar surface area (TPSA) is 15.3 Å². The molecule has 1 heterocycles. The maximum Gasteiger partial charge on any atom is 0.142 e. The van der Waals surface area contributed by atoms with Gasteiger partial charge in [0.2, 0.25) is 0 Å². The molecule has 0 spiro atoms. The maximum atomic E-state index is 14.7. The van der Waals surface area contributed by atoms with Crippen molar-refractivity contribution in [2.45, 2.75) is 38.1 Å². The zero-order valence-corrected chi connectivity index (χ0v) is 15.3. The summed E-state index contributed by atoms with van der Waals surface area (Å²) in [5, 5.41) is 3.41. The third-order valence-electron chi connectivity index (χ3n) is 4.94. The van der Waals surface area contributed by atoms with E-state index in [2.05, 4.69) is 26.1 Å². The highest BCUT2D eigenvalue weighted by molar-refractivity contribution is 9.10. The number of rotatable bonds is 3. The van der Waals surface area contributed by atoms with Crippen LogP contribution in [0.15, 0.2) is 22.7 Å². The van der Waals surface area contributed by atoms with Gasteiger partial charge >= 0.3 is 0 Å². The molecule has 3 rings (SSSR count). The third kappa shape index (κ3) is 4.02. The highest BCUT2D eigenvalue weighted by atomic mass is 79.9. The molecule has 2 aliphatic rings. The zero-order valence-electron chi connectivity index (χ0n) is 12.9. The minimum Gasteiger partial charge on any atom is -0.314 e. The van der Waals surface area contributed by atoms with Crippen molar-refractivity contribution in [3.63, 3.8) is 0 Å². The summed E-state index contributed by atoms with van der Waals surface area (Å²) in [5.41, 5.74) is 0.887. The van der Waals surface area contributed by atoms with Crippen LogP contribution in [0.2, 0.25) is 0 Å². The number of hydrogen-bond acceptors (Lipinski definition) is 2. The van der Waals surface area contributed by atoms with Gasteiger partial charge in [-0.15, -0.1) is 12.4 Å². The van der Waals surface area contributed by atoms with E-state index >= 15 is 0 Å². The lowest BCUT2D eigenvalue weighted by Crippen LogP contribution is -2.47. The summed E-state index contributed by atoms with van der Waals surface area (Å²) in [4.78, 5) is 2.50. The second-order valence-corrected chi connectivity index (χ2v) is 7.13. The first-order chi connectivity index (χ1) is 10.3. The van der Waals surface area contributed by atoms with Crippen LogP contribution >= 0.6 is 28.3 Å². The minimum absolute atomic E-state index is 0. The number of benzene rings is 1. The first-order valence-electron chi connectivity index (χ1n) is 8.16. The predicted octanol–water partition coefficient (Wildman–Crippen LogP) is 4.54. The third-order valence-corrected chi connectivity index (χ3v) is 5.55. The summed E-state index contributed by atoms with van der Waals surface area (Å²) in [6.45, 7) is 4.07. The van der Waals surface area contributed by atoms with Crippen LogP contribution in [0, 0.1) is 11.7 Å². The quantitative estimate of drug-likeness (QED) is 0.814. The molecular weight excluding hydrogens is 367 g/mol. The molecule has 0 radical (unpaired) electrons. The molecule has 0 bridgehead atoms. The fraction of sp³-hybridized carbons (Fsp3) is 0.647. The fourth-order valence-corrected chi connectivity index (χ4v) is 4.29. The molecule has 0 aromatic heterocycles. The van der Waals surface area contributed by atoms with Gasteiger partial charge in [-0.05, 0) is 40.8 Å². The number of nitrogens with one attached hydrogen (secondary N) is 1. The SMILES string of the molecule is Cl.Fc1c(Br)cccc1[C@@H](C1CCCCC1)N1CCNCC1. The fourth-order valence-electron chi connectivity index (χ4n) is 3.91. The summed E-state index contributed by atoms with van der Waals surface area (Å²) in [6.07, 6.45) is 6.40. The van der Waals surface area contributed by atoms with Crippen LogP contribution in [0.4, 0.5) is 4.39 Å². The molecule has 1 atom stereocenters. The summed E-state index contributed by atoms with van der Waals surface area (Å²) < 4.78 is 15.3. The Morgan fingerprint density at radius 1 is 1.14 bits per heavy atom. The van der Waals surface area contributed by atoms with Gasteiger partial charge in [-0.25, -0.2) is 4.39 Å².